The molecule has 0 aromatic carbocycles. The highest BCUT2D eigenvalue weighted by Crippen LogP contribution is 2.12. The zero-order valence-electron chi connectivity index (χ0n) is 3.70. The van der Waals surface area contributed by atoms with Crippen LogP contribution in [0.2, 0.25) is 0 Å². The highest BCUT2D eigenvalue weighted by Gasteiger charge is 1.96. The minimum absolute atomic E-state index is 0.829. The summed E-state index contributed by atoms with van der Waals surface area (Å²) in [6, 6.07) is 0. The van der Waals surface area contributed by atoms with Crippen LogP contribution in [-0.2, 0) is 0 Å². The molecular weight excluding hydrogens is 74.1 g/mol. The molecule has 0 saturated heterocycles. The molecule has 1 nitrogen and oxygen atoms in total. The largest absolute Gasteiger partial charge is 0.306 e. The van der Waals surface area contributed by atoms with Gasteiger partial charge in [-0.25, -0.2) is 0 Å². The molecule has 1 aliphatic carbocycles. The van der Waals surface area contributed by atoms with Crippen molar-refractivity contribution in [2.24, 2.45) is 0 Å². The Labute approximate surface area is 37.8 Å². The third-order valence-corrected chi connectivity index (χ3v) is 1.04. The molecule has 0 amide bonds. The fourth-order valence-corrected chi connectivity index (χ4v) is 0.671. The molecule has 0 spiro atoms. The molecule has 1 aliphatic rings. The van der Waals surface area contributed by atoms with Crippen molar-refractivity contribution in [3.05, 3.63) is 11.8 Å². The van der Waals surface area contributed by atoms with E-state index in [0.29, 0.717) is 0 Å². The Morgan fingerprint density at radius 3 is 2.67 bits per heavy atom. The lowest BCUT2D eigenvalue weighted by Gasteiger charge is -1.78. The monoisotopic (exact) mass is 82.1 g/mol. The van der Waals surface area contributed by atoms with E-state index in [1.54, 1.807) is 0 Å². The summed E-state index contributed by atoms with van der Waals surface area (Å²) in [6.45, 7) is 0. The molecule has 0 fully saturated rings. The lowest BCUT2D eigenvalue weighted by Crippen LogP contribution is -1.70. The van der Waals surface area contributed by atoms with Gasteiger partial charge in [-0.2, -0.15) is 0 Å². The van der Waals surface area contributed by atoms with Crippen LogP contribution in [-0.4, -0.2) is 0 Å². The Morgan fingerprint density at radius 2 is 2.50 bits per heavy atom. The minimum Gasteiger partial charge on any atom is -0.306 e. The maximum atomic E-state index is 6.99. The van der Waals surface area contributed by atoms with Crippen molar-refractivity contribution in [1.29, 1.82) is 0 Å². The van der Waals surface area contributed by atoms with E-state index < -0.39 is 0 Å². The van der Waals surface area contributed by atoms with Gasteiger partial charge in [0.15, 0.2) is 0 Å². The van der Waals surface area contributed by atoms with Crippen molar-refractivity contribution in [3.63, 3.8) is 0 Å². The van der Waals surface area contributed by atoms with E-state index in [9.17, 15) is 0 Å². The Morgan fingerprint density at radius 1 is 1.67 bits per heavy atom. The average molecular weight is 82.1 g/mol. The highest BCUT2D eigenvalue weighted by molar-refractivity contribution is 5.00. The summed E-state index contributed by atoms with van der Waals surface area (Å²) in [5, 5.41) is 0. The van der Waals surface area contributed by atoms with Crippen LogP contribution in [0.15, 0.2) is 11.8 Å². The lowest BCUT2D eigenvalue weighted by molar-refractivity contribution is 0.895. The predicted octanol–water partition coefficient (Wildman–Crippen LogP) is 1.34. The van der Waals surface area contributed by atoms with Crippen LogP contribution in [0.25, 0.3) is 0 Å². The Bertz CT molecular complexity index is 74.0. The Kier molecular flexibility index (Phi) is 0.825. The van der Waals surface area contributed by atoms with Crippen molar-refractivity contribution in [3.8, 4) is 0 Å². The molecule has 0 saturated carbocycles. The molecule has 0 aromatic heterocycles. The first kappa shape index (κ1) is 3.72. The molecule has 0 aromatic rings. The van der Waals surface area contributed by atoms with Crippen LogP contribution in [0.3, 0.4) is 0 Å². The molecule has 0 aliphatic heterocycles. The SMILES string of the molecule is [NH]C1=CCCC1. The van der Waals surface area contributed by atoms with Crippen LogP contribution in [0, 0.1) is 0 Å². The van der Waals surface area contributed by atoms with E-state index in [4.69, 9.17) is 5.73 Å². The first-order chi connectivity index (χ1) is 2.89. The van der Waals surface area contributed by atoms with Gasteiger partial charge in [-0.15, -0.1) is 0 Å². The van der Waals surface area contributed by atoms with Crippen LogP contribution < -0.4 is 5.73 Å². The van der Waals surface area contributed by atoms with E-state index in [2.05, 4.69) is 0 Å². The second-order valence-electron chi connectivity index (χ2n) is 1.62. The summed E-state index contributed by atoms with van der Waals surface area (Å²) in [5.41, 5.74) is 7.82. The summed E-state index contributed by atoms with van der Waals surface area (Å²) in [7, 11) is 0. The third kappa shape index (κ3) is 0.534. The van der Waals surface area contributed by atoms with Gasteiger partial charge in [0.25, 0.3) is 0 Å². The summed E-state index contributed by atoms with van der Waals surface area (Å²) < 4.78 is 0. The van der Waals surface area contributed by atoms with E-state index in [1.165, 1.54) is 6.42 Å². The quantitative estimate of drug-likeness (QED) is 0.421. The molecule has 1 rings (SSSR count). The van der Waals surface area contributed by atoms with E-state index in [-0.39, 0.29) is 0 Å². The van der Waals surface area contributed by atoms with Gasteiger partial charge in [0.1, 0.15) is 0 Å². The topological polar surface area (TPSA) is 23.8 Å². The van der Waals surface area contributed by atoms with E-state index in [1.807, 2.05) is 6.08 Å². The van der Waals surface area contributed by atoms with Crippen molar-refractivity contribution in [1.82, 2.24) is 5.73 Å². The molecule has 0 atom stereocenters. The standard InChI is InChI=1S/C5H8N/c6-5-3-1-2-4-5/h3,6H,1-2,4H2. The summed E-state index contributed by atoms with van der Waals surface area (Å²) >= 11 is 0. The van der Waals surface area contributed by atoms with Gasteiger partial charge >= 0.3 is 0 Å². The molecule has 1 N–H and O–H groups in total. The molecule has 0 heterocycles. The van der Waals surface area contributed by atoms with Gasteiger partial charge in [-0.05, 0) is 19.3 Å². The average Bonchev–Trinajstić information content (AvgIpc) is 1.86. The lowest BCUT2D eigenvalue weighted by atomic mass is 10.3. The molecular formula is C5H8N. The fourth-order valence-electron chi connectivity index (χ4n) is 0.671. The molecule has 1 radical (unpaired) electrons. The normalized spacial score (nSPS) is 21.0. The summed E-state index contributed by atoms with van der Waals surface area (Å²) in [6.07, 6.45) is 5.34. The maximum absolute atomic E-state index is 6.99. The van der Waals surface area contributed by atoms with Crippen molar-refractivity contribution < 1.29 is 0 Å². The molecule has 0 unspecified atom stereocenters. The number of hydrogen-bond acceptors (Lipinski definition) is 0. The van der Waals surface area contributed by atoms with E-state index in [0.717, 1.165) is 18.5 Å². The number of hydrogen-bond donors (Lipinski definition) is 0. The maximum Gasteiger partial charge on any atom is 0.0274 e. The number of allylic oxidation sites excluding steroid dienone is 2. The molecule has 33 valence electrons. The highest BCUT2D eigenvalue weighted by atomic mass is 14.6. The summed E-state index contributed by atoms with van der Waals surface area (Å²) in [4.78, 5) is 0. The Hall–Kier alpha value is -0.460. The predicted molar refractivity (Wildman–Crippen MR) is 25.0 cm³/mol. The second kappa shape index (κ2) is 1.33. The molecule has 6 heavy (non-hydrogen) atoms. The second-order valence-corrected chi connectivity index (χ2v) is 1.62. The Balaban J connectivity index is 2.45. The number of rotatable bonds is 0. The smallest absolute Gasteiger partial charge is 0.0274 e. The van der Waals surface area contributed by atoms with Gasteiger partial charge in [0, 0.05) is 5.70 Å². The van der Waals surface area contributed by atoms with Crippen molar-refractivity contribution in [2.45, 2.75) is 19.3 Å². The van der Waals surface area contributed by atoms with Crippen molar-refractivity contribution >= 4 is 0 Å². The minimum atomic E-state index is 0.829. The zero-order valence-corrected chi connectivity index (χ0v) is 3.70. The van der Waals surface area contributed by atoms with Crippen LogP contribution >= 0.6 is 0 Å². The van der Waals surface area contributed by atoms with Crippen LogP contribution in [0.1, 0.15) is 19.3 Å². The fraction of sp³-hybridized carbons (Fsp3) is 0.600. The van der Waals surface area contributed by atoms with Crippen LogP contribution in [0.4, 0.5) is 0 Å². The van der Waals surface area contributed by atoms with Gasteiger partial charge < -0.3 is 5.73 Å². The molecule has 0 bridgehead atoms. The van der Waals surface area contributed by atoms with Gasteiger partial charge in [0.2, 0.25) is 0 Å². The molecule has 1 heteroatoms. The van der Waals surface area contributed by atoms with E-state index >= 15 is 0 Å². The van der Waals surface area contributed by atoms with Gasteiger partial charge in [0.05, 0.1) is 0 Å². The first-order valence-electron chi connectivity index (χ1n) is 2.30. The van der Waals surface area contributed by atoms with Crippen molar-refractivity contribution in [2.75, 3.05) is 0 Å². The van der Waals surface area contributed by atoms with Gasteiger partial charge in [-0.3, -0.25) is 0 Å². The third-order valence-electron chi connectivity index (χ3n) is 1.04. The first-order valence-corrected chi connectivity index (χ1v) is 2.30. The summed E-state index contributed by atoms with van der Waals surface area (Å²) in [5.74, 6) is 0. The zero-order chi connectivity index (χ0) is 4.41. The van der Waals surface area contributed by atoms with Crippen LogP contribution in [0.5, 0.6) is 0 Å². The number of nitrogens with one attached hydrogen (secondary N) is 1. The van der Waals surface area contributed by atoms with Gasteiger partial charge in [-0.1, -0.05) is 6.08 Å².